The number of anilines is 1. The van der Waals surface area contributed by atoms with Crippen molar-refractivity contribution in [3.8, 4) is 0 Å². The van der Waals surface area contributed by atoms with E-state index in [0.717, 1.165) is 24.9 Å². The second kappa shape index (κ2) is 6.22. The number of nitrogens with zero attached hydrogens (tertiary/aromatic N) is 4. The Bertz CT molecular complexity index is 760. The van der Waals surface area contributed by atoms with Crippen LogP contribution in [0.5, 0.6) is 0 Å². The molecule has 2 aromatic heterocycles. The molecule has 0 radical (unpaired) electrons. The Hall–Kier alpha value is -1.85. The molecule has 1 aliphatic heterocycles. The van der Waals surface area contributed by atoms with E-state index in [2.05, 4.69) is 49.6 Å². The summed E-state index contributed by atoms with van der Waals surface area (Å²) in [6, 6.07) is 0. The number of nitrogens with one attached hydrogen (secondary N) is 1. The fourth-order valence-corrected chi connectivity index (χ4v) is 3.59. The molecule has 3 rings (SSSR count). The van der Waals surface area contributed by atoms with Gasteiger partial charge in [0.2, 0.25) is 5.95 Å². The van der Waals surface area contributed by atoms with Gasteiger partial charge in [0, 0.05) is 13.1 Å². The molecular weight excluding hydrogens is 302 g/mol. The van der Waals surface area contributed by atoms with E-state index in [1.165, 1.54) is 19.3 Å². The van der Waals surface area contributed by atoms with E-state index < -0.39 is 0 Å². The van der Waals surface area contributed by atoms with Gasteiger partial charge in [-0.25, -0.2) is 4.68 Å². The molecule has 6 nitrogen and oxygen atoms in total. The number of aromatic nitrogens is 4. The number of fused-ring (bicyclic) bond motifs is 1. The highest BCUT2D eigenvalue weighted by Gasteiger charge is 2.24. The van der Waals surface area contributed by atoms with Crippen molar-refractivity contribution in [2.75, 3.05) is 18.0 Å². The predicted octanol–water partition coefficient (Wildman–Crippen LogP) is 3.14. The first kappa shape index (κ1) is 17.0. The van der Waals surface area contributed by atoms with Crippen molar-refractivity contribution in [2.45, 2.75) is 59.4 Å². The minimum atomic E-state index is -0.204. The third kappa shape index (κ3) is 3.32. The molecule has 0 atom stereocenters. The van der Waals surface area contributed by atoms with Gasteiger partial charge in [0.15, 0.2) is 5.65 Å². The Morgan fingerprint density at radius 2 is 1.96 bits per heavy atom. The fraction of sp³-hybridized carbons (Fsp3) is 0.722. The standard InChI is InChI=1S/C18H29N5O/c1-12(2)10-13-6-8-22(9-7-13)17-20-15-14(16(24)21-17)11-19-23(15)18(3,4)5/h11-13H,6-10H2,1-5H3,(H,20,21,24). The lowest BCUT2D eigenvalue weighted by molar-refractivity contribution is 0.336. The summed E-state index contributed by atoms with van der Waals surface area (Å²) in [5.41, 5.74) is 0.365. The molecule has 1 N–H and O–H groups in total. The summed E-state index contributed by atoms with van der Waals surface area (Å²) in [5.74, 6) is 2.22. The molecule has 2 aromatic rings. The summed E-state index contributed by atoms with van der Waals surface area (Å²) >= 11 is 0. The molecule has 132 valence electrons. The number of hydrogen-bond acceptors (Lipinski definition) is 4. The first-order valence-electron chi connectivity index (χ1n) is 8.99. The second-order valence-electron chi connectivity index (χ2n) is 8.41. The van der Waals surface area contributed by atoms with Crippen molar-refractivity contribution < 1.29 is 0 Å². The van der Waals surface area contributed by atoms with Gasteiger partial charge < -0.3 is 4.90 Å². The number of rotatable bonds is 3. The summed E-state index contributed by atoms with van der Waals surface area (Å²) in [5, 5.41) is 4.93. The van der Waals surface area contributed by atoms with Crippen molar-refractivity contribution in [1.82, 2.24) is 19.7 Å². The van der Waals surface area contributed by atoms with Gasteiger partial charge in [-0.3, -0.25) is 9.78 Å². The van der Waals surface area contributed by atoms with Gasteiger partial charge >= 0.3 is 0 Å². The third-order valence-corrected chi connectivity index (χ3v) is 4.78. The van der Waals surface area contributed by atoms with E-state index in [4.69, 9.17) is 4.98 Å². The van der Waals surface area contributed by atoms with E-state index in [0.29, 0.717) is 17.0 Å². The molecule has 0 amide bonds. The second-order valence-corrected chi connectivity index (χ2v) is 8.41. The number of aromatic amines is 1. The first-order chi connectivity index (χ1) is 11.3. The third-order valence-electron chi connectivity index (χ3n) is 4.78. The lowest BCUT2D eigenvalue weighted by Crippen LogP contribution is -2.36. The zero-order valence-corrected chi connectivity index (χ0v) is 15.5. The molecule has 0 aliphatic carbocycles. The Balaban J connectivity index is 1.87. The molecule has 24 heavy (non-hydrogen) atoms. The maximum atomic E-state index is 12.4. The normalized spacial score (nSPS) is 17.2. The van der Waals surface area contributed by atoms with Gasteiger partial charge in [0.1, 0.15) is 5.39 Å². The van der Waals surface area contributed by atoms with Crippen molar-refractivity contribution in [3.05, 3.63) is 16.6 Å². The van der Waals surface area contributed by atoms with Gasteiger partial charge in [-0.05, 0) is 51.9 Å². The van der Waals surface area contributed by atoms with Crippen LogP contribution in [-0.2, 0) is 5.54 Å². The van der Waals surface area contributed by atoms with Crippen molar-refractivity contribution in [3.63, 3.8) is 0 Å². The van der Waals surface area contributed by atoms with Gasteiger partial charge in [-0.2, -0.15) is 10.1 Å². The Morgan fingerprint density at radius 3 is 2.54 bits per heavy atom. The SMILES string of the molecule is CC(C)CC1CCN(c2nc3c(cnn3C(C)(C)C)c(=O)[nH]2)CC1. The van der Waals surface area contributed by atoms with E-state index in [9.17, 15) is 4.79 Å². The Kier molecular flexibility index (Phi) is 4.40. The molecule has 6 heteroatoms. The summed E-state index contributed by atoms with van der Waals surface area (Å²) in [4.78, 5) is 22.3. The van der Waals surface area contributed by atoms with Gasteiger partial charge in [0.25, 0.3) is 5.56 Å². The molecule has 0 bridgehead atoms. The van der Waals surface area contributed by atoms with Gasteiger partial charge in [-0.1, -0.05) is 13.8 Å². The Labute approximate surface area is 143 Å². The minimum Gasteiger partial charge on any atom is -0.342 e. The number of piperidine rings is 1. The predicted molar refractivity (Wildman–Crippen MR) is 97.5 cm³/mol. The number of H-pyrrole nitrogens is 1. The van der Waals surface area contributed by atoms with Gasteiger partial charge in [-0.15, -0.1) is 0 Å². The van der Waals surface area contributed by atoms with E-state index in [1.807, 2.05) is 4.68 Å². The van der Waals surface area contributed by atoms with Crippen LogP contribution in [0, 0.1) is 11.8 Å². The molecule has 0 unspecified atom stereocenters. The van der Waals surface area contributed by atoms with Crippen molar-refractivity contribution >= 4 is 17.0 Å². The highest BCUT2D eigenvalue weighted by Crippen LogP contribution is 2.26. The highest BCUT2D eigenvalue weighted by molar-refractivity contribution is 5.74. The molecule has 1 saturated heterocycles. The first-order valence-corrected chi connectivity index (χ1v) is 8.99. The van der Waals surface area contributed by atoms with E-state index >= 15 is 0 Å². The summed E-state index contributed by atoms with van der Waals surface area (Å²) in [6.07, 6.45) is 5.23. The highest BCUT2D eigenvalue weighted by atomic mass is 16.1. The van der Waals surface area contributed by atoms with E-state index in [-0.39, 0.29) is 11.1 Å². The smallest absolute Gasteiger partial charge is 0.263 e. The Morgan fingerprint density at radius 1 is 1.29 bits per heavy atom. The maximum absolute atomic E-state index is 12.4. The molecule has 1 aliphatic rings. The van der Waals surface area contributed by atoms with Crippen LogP contribution in [0.2, 0.25) is 0 Å². The zero-order valence-electron chi connectivity index (χ0n) is 15.5. The molecule has 0 spiro atoms. The summed E-state index contributed by atoms with van der Waals surface area (Å²) < 4.78 is 1.84. The maximum Gasteiger partial charge on any atom is 0.263 e. The van der Waals surface area contributed by atoms with Crippen LogP contribution in [0.3, 0.4) is 0 Å². The van der Waals surface area contributed by atoms with Crippen LogP contribution >= 0.6 is 0 Å². The molecule has 0 saturated carbocycles. The lowest BCUT2D eigenvalue weighted by atomic mass is 9.89. The van der Waals surface area contributed by atoms with Crippen LogP contribution in [-0.4, -0.2) is 32.8 Å². The summed E-state index contributed by atoms with van der Waals surface area (Å²) in [7, 11) is 0. The molecule has 1 fully saturated rings. The average Bonchev–Trinajstić information content (AvgIpc) is 2.92. The van der Waals surface area contributed by atoms with E-state index in [1.54, 1.807) is 6.20 Å². The van der Waals surface area contributed by atoms with Crippen molar-refractivity contribution in [1.29, 1.82) is 0 Å². The molecular formula is C18H29N5O. The quantitative estimate of drug-likeness (QED) is 0.938. The van der Waals surface area contributed by atoms with Crippen molar-refractivity contribution in [2.24, 2.45) is 11.8 Å². The largest absolute Gasteiger partial charge is 0.342 e. The zero-order chi connectivity index (χ0) is 17.5. The lowest BCUT2D eigenvalue weighted by Gasteiger charge is -2.33. The minimum absolute atomic E-state index is 0.102. The van der Waals surface area contributed by atoms with Crippen LogP contribution in [0.15, 0.2) is 11.0 Å². The molecule has 3 heterocycles. The van der Waals surface area contributed by atoms with Gasteiger partial charge in [0.05, 0.1) is 11.7 Å². The number of hydrogen-bond donors (Lipinski definition) is 1. The monoisotopic (exact) mass is 331 g/mol. The topological polar surface area (TPSA) is 66.8 Å². The average molecular weight is 331 g/mol. The molecule has 0 aromatic carbocycles. The van der Waals surface area contributed by atoms with Crippen LogP contribution in [0.25, 0.3) is 11.0 Å². The van der Waals surface area contributed by atoms with Crippen LogP contribution in [0.4, 0.5) is 5.95 Å². The van der Waals surface area contributed by atoms with Crippen LogP contribution < -0.4 is 10.5 Å². The summed E-state index contributed by atoms with van der Waals surface area (Å²) in [6.45, 7) is 12.7. The fourth-order valence-electron chi connectivity index (χ4n) is 3.59. The van der Waals surface area contributed by atoms with Crippen LogP contribution in [0.1, 0.15) is 53.9 Å².